The van der Waals surface area contributed by atoms with E-state index in [1.165, 1.54) is 6.07 Å². The predicted octanol–water partition coefficient (Wildman–Crippen LogP) is 5.42. The van der Waals surface area contributed by atoms with Gasteiger partial charge in [0.05, 0.1) is 11.5 Å². The highest BCUT2D eigenvalue weighted by Crippen LogP contribution is 2.36. The number of fused-ring (bicyclic) bond motifs is 1. The smallest absolute Gasteiger partial charge is 0.313 e. The molecule has 2 aromatic carbocycles. The van der Waals surface area contributed by atoms with E-state index in [1.54, 1.807) is 11.0 Å². The first kappa shape index (κ1) is 23.3. The Balaban J connectivity index is 1.28. The van der Waals surface area contributed by atoms with Crippen molar-refractivity contribution >= 4 is 11.9 Å². The van der Waals surface area contributed by atoms with E-state index >= 15 is 0 Å². The molecule has 1 saturated carbocycles. The second kappa shape index (κ2) is 9.94. The summed E-state index contributed by atoms with van der Waals surface area (Å²) >= 11 is 0. The molecule has 0 aromatic heterocycles. The molecule has 0 saturated heterocycles. The molecule has 2 aromatic rings. The van der Waals surface area contributed by atoms with Crippen LogP contribution in [0.25, 0.3) is 0 Å². The van der Waals surface area contributed by atoms with E-state index in [0.29, 0.717) is 36.9 Å². The number of phenols is 1. The number of ether oxygens (including phenoxy) is 1. The Kier molecular flexibility index (Phi) is 7.01. The van der Waals surface area contributed by atoms with Crippen molar-refractivity contribution in [1.82, 2.24) is 4.90 Å². The number of hydrogen-bond donors (Lipinski definition) is 1. The van der Waals surface area contributed by atoms with Crippen LogP contribution in [0.1, 0.15) is 73.4 Å². The van der Waals surface area contributed by atoms with Gasteiger partial charge in [-0.05, 0) is 68.1 Å². The maximum Gasteiger partial charge on any atom is 0.313 e. The number of esters is 1. The normalized spacial score (nSPS) is 22.0. The highest BCUT2D eigenvalue weighted by molar-refractivity contribution is 5.99. The molecule has 1 fully saturated rings. The van der Waals surface area contributed by atoms with Gasteiger partial charge in [0.2, 0.25) is 0 Å². The number of phenolic OH excluding ortho intramolecular Hbond substituents is 1. The van der Waals surface area contributed by atoms with Gasteiger partial charge in [0, 0.05) is 13.1 Å². The van der Waals surface area contributed by atoms with Gasteiger partial charge in [0.1, 0.15) is 6.10 Å². The molecule has 6 heteroatoms. The van der Waals surface area contributed by atoms with Gasteiger partial charge in [0.15, 0.2) is 11.6 Å². The highest BCUT2D eigenvalue weighted by atomic mass is 19.1. The summed E-state index contributed by atoms with van der Waals surface area (Å²) in [5, 5.41) is 9.59. The van der Waals surface area contributed by atoms with Gasteiger partial charge in [0.25, 0.3) is 5.91 Å². The van der Waals surface area contributed by atoms with Crippen molar-refractivity contribution in [2.24, 2.45) is 11.8 Å². The number of carbonyl (C=O) groups excluding carboxylic acids is 2. The first-order chi connectivity index (χ1) is 15.9. The van der Waals surface area contributed by atoms with Crippen LogP contribution in [0.5, 0.6) is 5.75 Å². The van der Waals surface area contributed by atoms with Crippen molar-refractivity contribution in [2.75, 3.05) is 6.54 Å². The molecule has 2 unspecified atom stereocenters. The summed E-state index contributed by atoms with van der Waals surface area (Å²) < 4.78 is 20.1. The number of amides is 1. The Labute approximate surface area is 194 Å². The Morgan fingerprint density at radius 2 is 1.85 bits per heavy atom. The van der Waals surface area contributed by atoms with Crippen LogP contribution in [0, 0.1) is 17.7 Å². The van der Waals surface area contributed by atoms with E-state index in [2.05, 4.69) is 0 Å². The zero-order chi connectivity index (χ0) is 23.5. The van der Waals surface area contributed by atoms with E-state index < -0.39 is 11.6 Å². The summed E-state index contributed by atoms with van der Waals surface area (Å²) in [7, 11) is 0. The van der Waals surface area contributed by atoms with Crippen LogP contribution in [0.2, 0.25) is 0 Å². The minimum absolute atomic E-state index is 0.00751. The Morgan fingerprint density at radius 3 is 2.52 bits per heavy atom. The lowest BCUT2D eigenvalue weighted by Crippen LogP contribution is -2.34. The first-order valence-corrected chi connectivity index (χ1v) is 11.9. The van der Waals surface area contributed by atoms with Crippen molar-refractivity contribution in [3.8, 4) is 5.75 Å². The van der Waals surface area contributed by atoms with E-state index in [4.69, 9.17) is 4.74 Å². The fourth-order valence-corrected chi connectivity index (χ4v) is 5.29. The fourth-order valence-electron chi connectivity index (χ4n) is 5.29. The maximum absolute atomic E-state index is 14.2. The molecule has 0 radical (unpaired) electrons. The average Bonchev–Trinajstić information content (AvgIpc) is 3.13. The monoisotopic (exact) mass is 453 g/mol. The Hall–Kier alpha value is -2.89. The number of hydrogen-bond acceptors (Lipinski definition) is 4. The average molecular weight is 454 g/mol. The van der Waals surface area contributed by atoms with Crippen molar-refractivity contribution in [3.05, 3.63) is 65.0 Å². The molecule has 1 amide bonds. The summed E-state index contributed by atoms with van der Waals surface area (Å²) in [6.45, 7) is 4.95. The number of benzene rings is 2. The van der Waals surface area contributed by atoms with E-state index in [1.807, 2.05) is 44.2 Å². The zero-order valence-electron chi connectivity index (χ0n) is 19.3. The molecular formula is C27H32FNO4. The molecule has 1 aliphatic carbocycles. The van der Waals surface area contributed by atoms with Crippen LogP contribution in [0.4, 0.5) is 4.39 Å². The standard InChI is InChI=1S/C27H32FNO4/c1-3-22(20-7-5-4-6-8-20)27(32)33-17(2)19-11-9-18(10-12-19)15-29-16-21-13-14-23(30)25(28)24(21)26(29)31/h4-8,13-14,17-19,22,30H,3,9-12,15-16H2,1-2H3/t17?,18-,19-,22?. The third kappa shape index (κ3) is 4.90. The minimum Gasteiger partial charge on any atom is -0.505 e. The van der Waals surface area contributed by atoms with Gasteiger partial charge in [-0.25, -0.2) is 4.39 Å². The third-order valence-electron chi connectivity index (χ3n) is 7.30. The van der Waals surface area contributed by atoms with Gasteiger partial charge in [-0.2, -0.15) is 0 Å². The van der Waals surface area contributed by atoms with Gasteiger partial charge in [-0.3, -0.25) is 9.59 Å². The maximum atomic E-state index is 14.2. The van der Waals surface area contributed by atoms with Crippen molar-refractivity contribution in [3.63, 3.8) is 0 Å². The topological polar surface area (TPSA) is 66.8 Å². The summed E-state index contributed by atoms with van der Waals surface area (Å²) in [6.07, 6.45) is 4.31. The van der Waals surface area contributed by atoms with E-state index in [-0.39, 0.29) is 29.5 Å². The SMILES string of the molecule is CCC(C(=O)OC(C)[C@H]1CC[C@H](CN2Cc3ccc(O)c(F)c3C2=O)CC1)c1ccccc1. The molecule has 1 aliphatic heterocycles. The molecule has 0 bridgehead atoms. The molecule has 1 heterocycles. The van der Waals surface area contributed by atoms with Gasteiger partial charge in [-0.15, -0.1) is 0 Å². The zero-order valence-corrected chi connectivity index (χ0v) is 19.3. The molecule has 2 atom stereocenters. The summed E-state index contributed by atoms with van der Waals surface area (Å²) in [4.78, 5) is 27.2. The van der Waals surface area contributed by atoms with Crippen LogP contribution in [-0.4, -0.2) is 34.5 Å². The largest absolute Gasteiger partial charge is 0.505 e. The quantitative estimate of drug-likeness (QED) is 0.569. The fraction of sp³-hybridized carbons (Fsp3) is 0.481. The van der Waals surface area contributed by atoms with Crippen LogP contribution in [0.3, 0.4) is 0 Å². The molecular weight excluding hydrogens is 421 g/mol. The van der Waals surface area contributed by atoms with Crippen molar-refractivity contribution in [2.45, 2.75) is 64.5 Å². The number of rotatable bonds is 7. The second-order valence-corrected chi connectivity index (χ2v) is 9.41. The van der Waals surface area contributed by atoms with Crippen LogP contribution in [-0.2, 0) is 16.1 Å². The lowest BCUT2D eigenvalue weighted by Gasteiger charge is -2.34. The first-order valence-electron chi connectivity index (χ1n) is 11.9. The van der Waals surface area contributed by atoms with Crippen LogP contribution < -0.4 is 0 Å². The Morgan fingerprint density at radius 1 is 1.15 bits per heavy atom. The molecule has 33 heavy (non-hydrogen) atoms. The lowest BCUT2D eigenvalue weighted by atomic mass is 9.79. The van der Waals surface area contributed by atoms with Crippen molar-refractivity contribution < 1.29 is 23.8 Å². The summed E-state index contributed by atoms with van der Waals surface area (Å²) in [5.74, 6) is -1.40. The number of carbonyl (C=O) groups is 2. The molecule has 176 valence electrons. The van der Waals surface area contributed by atoms with Crippen LogP contribution >= 0.6 is 0 Å². The number of halogens is 1. The van der Waals surface area contributed by atoms with Crippen LogP contribution in [0.15, 0.2) is 42.5 Å². The second-order valence-electron chi connectivity index (χ2n) is 9.41. The highest BCUT2D eigenvalue weighted by Gasteiger charge is 2.35. The molecule has 0 spiro atoms. The van der Waals surface area contributed by atoms with Gasteiger partial charge >= 0.3 is 5.97 Å². The Bertz CT molecular complexity index is 1000. The lowest BCUT2D eigenvalue weighted by molar-refractivity contribution is -0.153. The van der Waals surface area contributed by atoms with Gasteiger partial charge < -0.3 is 14.7 Å². The van der Waals surface area contributed by atoms with Crippen molar-refractivity contribution in [1.29, 1.82) is 0 Å². The summed E-state index contributed by atoms with van der Waals surface area (Å²) in [5.41, 5.74) is 1.63. The molecule has 4 rings (SSSR count). The van der Waals surface area contributed by atoms with E-state index in [0.717, 1.165) is 31.2 Å². The van der Waals surface area contributed by atoms with Gasteiger partial charge in [-0.1, -0.05) is 43.3 Å². The summed E-state index contributed by atoms with van der Waals surface area (Å²) in [6, 6.07) is 12.7. The molecule has 2 aliphatic rings. The predicted molar refractivity (Wildman–Crippen MR) is 123 cm³/mol. The van der Waals surface area contributed by atoms with E-state index in [9.17, 15) is 19.1 Å². The molecule has 5 nitrogen and oxygen atoms in total. The minimum atomic E-state index is -0.819. The number of nitrogens with zero attached hydrogens (tertiary/aromatic N) is 1. The number of aromatic hydroxyl groups is 1. The molecule has 1 N–H and O–H groups in total. The third-order valence-corrected chi connectivity index (χ3v) is 7.30.